The predicted octanol–water partition coefficient (Wildman–Crippen LogP) is 3.26. The van der Waals surface area contributed by atoms with E-state index < -0.39 is 5.97 Å². The van der Waals surface area contributed by atoms with Crippen molar-refractivity contribution in [2.45, 2.75) is 0 Å². The molecule has 0 aliphatic carbocycles. The fourth-order valence-electron chi connectivity index (χ4n) is 1.85. The van der Waals surface area contributed by atoms with Gasteiger partial charge >= 0.3 is 5.97 Å². The molecule has 1 N–H and O–H groups in total. The Morgan fingerprint density at radius 1 is 1.26 bits per heavy atom. The molecule has 0 saturated carbocycles. The first kappa shape index (κ1) is 11.7. The number of carbonyl (C=O) groups is 1. The average molecular weight is 270 g/mol. The fraction of sp³-hybridized carbons (Fsp3) is 0. The number of carboxylic acids is 1. The van der Waals surface area contributed by atoms with Gasteiger partial charge in [0.25, 0.3) is 0 Å². The molecule has 2 heterocycles. The minimum absolute atomic E-state index is 0.301. The van der Waals surface area contributed by atoms with E-state index in [9.17, 15) is 9.90 Å². The van der Waals surface area contributed by atoms with E-state index in [-0.39, 0.29) is 0 Å². The second-order valence-electron chi connectivity index (χ2n) is 3.95. The molecule has 0 unspecified atom stereocenters. The lowest BCUT2D eigenvalue weighted by atomic mass is 10.2. The van der Waals surface area contributed by atoms with Crippen LogP contribution in [-0.4, -0.2) is 20.5 Å². The van der Waals surface area contributed by atoms with Crippen molar-refractivity contribution in [3.8, 4) is 0 Å². The Morgan fingerprint density at radius 2 is 2.05 bits per heavy atom. The van der Waals surface area contributed by atoms with Crippen LogP contribution in [0.4, 0.5) is 0 Å². The molecule has 3 aromatic rings. The highest BCUT2D eigenvalue weighted by Gasteiger charge is 2.16. The highest BCUT2D eigenvalue weighted by atomic mass is 32.1. The van der Waals surface area contributed by atoms with E-state index in [4.69, 9.17) is 0 Å². The second-order valence-corrected chi connectivity index (χ2v) is 4.92. The van der Waals surface area contributed by atoms with Gasteiger partial charge in [0.05, 0.1) is 5.69 Å². The molecule has 0 spiro atoms. The number of fused-ring (bicyclic) bond motifs is 1. The van der Waals surface area contributed by atoms with E-state index in [0.29, 0.717) is 15.5 Å². The van der Waals surface area contributed by atoms with E-state index in [2.05, 4.69) is 4.98 Å². The highest BCUT2D eigenvalue weighted by molar-refractivity contribution is 7.19. The lowest BCUT2D eigenvalue weighted by Crippen LogP contribution is -1.96. The molecular formula is C14H10N2O2S. The molecule has 0 saturated heterocycles. The lowest BCUT2D eigenvalue weighted by molar-refractivity contribution is 0.0701. The van der Waals surface area contributed by atoms with Crippen LogP contribution in [0, 0.1) is 0 Å². The summed E-state index contributed by atoms with van der Waals surface area (Å²) in [6.45, 7) is 0. The van der Waals surface area contributed by atoms with Gasteiger partial charge in [-0.15, -0.1) is 0 Å². The van der Waals surface area contributed by atoms with Gasteiger partial charge in [0.1, 0.15) is 4.88 Å². The lowest BCUT2D eigenvalue weighted by Gasteiger charge is -1.95. The fourth-order valence-corrected chi connectivity index (χ4v) is 2.76. The highest BCUT2D eigenvalue weighted by Crippen LogP contribution is 2.24. The number of hydrogen-bond donors (Lipinski definition) is 1. The van der Waals surface area contributed by atoms with Crippen molar-refractivity contribution in [2.24, 2.45) is 0 Å². The molecule has 0 amide bonds. The maximum Gasteiger partial charge on any atom is 0.348 e. The summed E-state index contributed by atoms with van der Waals surface area (Å²) in [5, 5.41) is 9.22. The van der Waals surface area contributed by atoms with Gasteiger partial charge in [0, 0.05) is 12.4 Å². The summed E-state index contributed by atoms with van der Waals surface area (Å²) in [6, 6.07) is 9.76. The van der Waals surface area contributed by atoms with Gasteiger partial charge in [0.2, 0.25) is 0 Å². The minimum atomic E-state index is -0.928. The van der Waals surface area contributed by atoms with Crippen molar-refractivity contribution in [3.05, 3.63) is 58.9 Å². The maximum atomic E-state index is 11.2. The van der Waals surface area contributed by atoms with Crippen molar-refractivity contribution < 1.29 is 9.90 Å². The molecule has 94 valence electrons. The Kier molecular flexibility index (Phi) is 2.89. The van der Waals surface area contributed by atoms with Crippen LogP contribution in [0.2, 0.25) is 0 Å². The van der Waals surface area contributed by atoms with E-state index in [1.807, 2.05) is 42.5 Å². The Hall–Kier alpha value is -2.40. The number of nitrogens with zero attached hydrogens (tertiary/aromatic N) is 2. The molecule has 0 atom stereocenters. The molecule has 4 nitrogen and oxygen atoms in total. The third-order valence-electron chi connectivity index (χ3n) is 2.72. The number of rotatable bonds is 3. The largest absolute Gasteiger partial charge is 0.477 e. The first-order valence-electron chi connectivity index (χ1n) is 5.68. The summed E-state index contributed by atoms with van der Waals surface area (Å²) in [5.74, 6) is -0.928. The van der Waals surface area contributed by atoms with E-state index in [0.717, 1.165) is 5.56 Å². The smallest absolute Gasteiger partial charge is 0.348 e. The molecule has 0 aliphatic heterocycles. The van der Waals surface area contributed by atoms with Gasteiger partial charge in [-0.25, -0.2) is 9.78 Å². The van der Waals surface area contributed by atoms with Crippen LogP contribution in [0.25, 0.3) is 17.1 Å². The number of hydrogen-bond acceptors (Lipinski definition) is 3. The zero-order chi connectivity index (χ0) is 13.2. The van der Waals surface area contributed by atoms with E-state index in [1.165, 1.54) is 11.3 Å². The van der Waals surface area contributed by atoms with Gasteiger partial charge in [-0.2, -0.15) is 0 Å². The summed E-state index contributed by atoms with van der Waals surface area (Å²) in [5.41, 5.74) is 1.67. The van der Waals surface area contributed by atoms with Crippen LogP contribution >= 0.6 is 11.3 Å². The van der Waals surface area contributed by atoms with Crippen molar-refractivity contribution >= 4 is 34.4 Å². The number of carboxylic acid groups (broad SMARTS) is 1. The van der Waals surface area contributed by atoms with Gasteiger partial charge in [-0.05, 0) is 11.6 Å². The van der Waals surface area contributed by atoms with Gasteiger partial charge in [-0.1, -0.05) is 47.7 Å². The molecule has 5 heteroatoms. The molecule has 2 aromatic heterocycles. The summed E-state index contributed by atoms with van der Waals surface area (Å²) < 4.78 is 1.79. The van der Waals surface area contributed by atoms with E-state index in [1.54, 1.807) is 16.8 Å². The van der Waals surface area contributed by atoms with Gasteiger partial charge < -0.3 is 5.11 Å². The van der Waals surface area contributed by atoms with Gasteiger partial charge in [-0.3, -0.25) is 4.40 Å². The molecule has 0 fully saturated rings. The second kappa shape index (κ2) is 4.70. The third kappa shape index (κ3) is 2.15. The van der Waals surface area contributed by atoms with Crippen LogP contribution in [0.3, 0.4) is 0 Å². The normalized spacial score (nSPS) is 11.4. The number of benzene rings is 1. The monoisotopic (exact) mass is 270 g/mol. The summed E-state index contributed by atoms with van der Waals surface area (Å²) in [7, 11) is 0. The number of aromatic carboxylic acids is 1. The van der Waals surface area contributed by atoms with Crippen molar-refractivity contribution in [1.82, 2.24) is 9.38 Å². The molecule has 3 rings (SSSR count). The Bertz CT molecular complexity index is 756. The summed E-state index contributed by atoms with van der Waals surface area (Å²) in [6.07, 6.45) is 7.14. The van der Waals surface area contributed by atoms with Crippen LogP contribution in [0.1, 0.15) is 20.9 Å². The number of aromatic nitrogens is 2. The first-order chi connectivity index (χ1) is 9.25. The van der Waals surface area contributed by atoms with Crippen LogP contribution in [0.15, 0.2) is 42.7 Å². The van der Waals surface area contributed by atoms with Crippen molar-refractivity contribution in [3.63, 3.8) is 0 Å². The zero-order valence-corrected chi connectivity index (χ0v) is 10.7. The molecule has 0 aliphatic rings. The molecule has 0 radical (unpaired) electrons. The summed E-state index contributed by atoms with van der Waals surface area (Å²) >= 11 is 1.17. The number of thiazole rings is 1. The molecule has 1 aromatic carbocycles. The first-order valence-corrected chi connectivity index (χ1v) is 6.49. The Balaban J connectivity index is 2.08. The van der Waals surface area contributed by atoms with Crippen molar-refractivity contribution in [1.29, 1.82) is 0 Å². The standard InChI is InChI=1S/C14H10N2O2S/c17-13(18)12-11(16-9-8-15-14(16)19-12)7-6-10-4-2-1-3-5-10/h1-9H,(H,17,18). The number of imidazole rings is 1. The SMILES string of the molecule is O=C(O)c1sc2nccn2c1C=Cc1ccccc1. The molecular weight excluding hydrogens is 260 g/mol. The van der Waals surface area contributed by atoms with Crippen LogP contribution < -0.4 is 0 Å². The average Bonchev–Trinajstić information content (AvgIpc) is 2.98. The molecule has 0 bridgehead atoms. The predicted molar refractivity (Wildman–Crippen MR) is 75.4 cm³/mol. The van der Waals surface area contributed by atoms with Gasteiger partial charge in [0.15, 0.2) is 4.96 Å². The van der Waals surface area contributed by atoms with Crippen LogP contribution in [-0.2, 0) is 0 Å². The summed E-state index contributed by atoms with van der Waals surface area (Å²) in [4.78, 5) is 16.3. The van der Waals surface area contributed by atoms with Crippen molar-refractivity contribution in [2.75, 3.05) is 0 Å². The molecule has 19 heavy (non-hydrogen) atoms. The Morgan fingerprint density at radius 3 is 2.79 bits per heavy atom. The zero-order valence-electron chi connectivity index (χ0n) is 9.85. The third-order valence-corrected chi connectivity index (χ3v) is 3.79. The topological polar surface area (TPSA) is 54.6 Å². The van der Waals surface area contributed by atoms with E-state index >= 15 is 0 Å². The maximum absolute atomic E-state index is 11.2. The van der Waals surface area contributed by atoms with Crippen LogP contribution in [0.5, 0.6) is 0 Å². The minimum Gasteiger partial charge on any atom is -0.477 e. The Labute approximate surface area is 113 Å². The quantitative estimate of drug-likeness (QED) is 0.794.